The zero-order valence-corrected chi connectivity index (χ0v) is 11.7. The van der Waals surface area contributed by atoms with Gasteiger partial charge in [0.15, 0.2) is 0 Å². The van der Waals surface area contributed by atoms with E-state index in [1.54, 1.807) is 7.11 Å². The van der Waals surface area contributed by atoms with E-state index in [-0.39, 0.29) is 5.41 Å². The van der Waals surface area contributed by atoms with Gasteiger partial charge in [-0.2, -0.15) is 0 Å². The van der Waals surface area contributed by atoms with Crippen LogP contribution in [0, 0.1) is 19.8 Å². The maximum atomic E-state index is 5.87. The molecule has 0 aliphatic carbocycles. The van der Waals surface area contributed by atoms with Crippen molar-refractivity contribution in [2.24, 2.45) is 11.7 Å². The van der Waals surface area contributed by atoms with Gasteiger partial charge in [-0.05, 0) is 49.1 Å². The molecule has 0 amide bonds. The largest absolute Gasteiger partial charge is 0.496 e. The molecule has 1 atom stereocenters. The van der Waals surface area contributed by atoms with E-state index < -0.39 is 0 Å². The quantitative estimate of drug-likeness (QED) is 0.889. The number of ether oxygens (including phenoxy) is 2. The highest BCUT2D eigenvalue weighted by atomic mass is 16.5. The van der Waals surface area contributed by atoms with E-state index in [9.17, 15) is 0 Å². The van der Waals surface area contributed by atoms with Gasteiger partial charge in [-0.15, -0.1) is 0 Å². The van der Waals surface area contributed by atoms with Gasteiger partial charge in [0.05, 0.1) is 20.3 Å². The monoisotopic (exact) mass is 249 g/mol. The molecule has 2 N–H and O–H groups in total. The molecule has 1 aliphatic heterocycles. The van der Waals surface area contributed by atoms with Crippen molar-refractivity contribution in [3.63, 3.8) is 0 Å². The fraction of sp³-hybridized carbons (Fsp3) is 0.600. The van der Waals surface area contributed by atoms with Crippen LogP contribution in [0.5, 0.6) is 5.75 Å². The van der Waals surface area contributed by atoms with Gasteiger partial charge in [0, 0.05) is 5.41 Å². The minimum Gasteiger partial charge on any atom is -0.496 e. The summed E-state index contributed by atoms with van der Waals surface area (Å²) in [5.74, 6) is 1.38. The average Bonchev–Trinajstić information content (AvgIpc) is 2.31. The summed E-state index contributed by atoms with van der Waals surface area (Å²) in [4.78, 5) is 0. The topological polar surface area (TPSA) is 44.5 Å². The van der Waals surface area contributed by atoms with Crippen molar-refractivity contribution in [3.8, 4) is 5.75 Å². The summed E-state index contributed by atoms with van der Waals surface area (Å²) in [6, 6.07) is 4.36. The first-order chi connectivity index (χ1) is 8.55. The predicted octanol–water partition coefficient (Wildman–Crippen LogP) is 2.17. The molecule has 1 aromatic carbocycles. The van der Waals surface area contributed by atoms with E-state index in [0.29, 0.717) is 12.5 Å². The van der Waals surface area contributed by atoms with Crippen LogP contribution >= 0.6 is 0 Å². The zero-order chi connectivity index (χ0) is 13.3. The van der Waals surface area contributed by atoms with Crippen molar-refractivity contribution in [1.29, 1.82) is 0 Å². The normalized spacial score (nSPS) is 19.2. The van der Waals surface area contributed by atoms with Gasteiger partial charge in [0.1, 0.15) is 5.75 Å². The molecule has 1 heterocycles. The smallest absolute Gasteiger partial charge is 0.122 e. The minimum absolute atomic E-state index is 0.0931. The molecule has 2 rings (SSSR count). The molecule has 18 heavy (non-hydrogen) atoms. The van der Waals surface area contributed by atoms with Crippen molar-refractivity contribution in [3.05, 3.63) is 28.8 Å². The summed E-state index contributed by atoms with van der Waals surface area (Å²) in [5, 5.41) is 0. The highest BCUT2D eigenvalue weighted by molar-refractivity contribution is 5.46. The third-order valence-electron chi connectivity index (χ3n) is 4.29. The Morgan fingerprint density at radius 3 is 2.44 bits per heavy atom. The van der Waals surface area contributed by atoms with Gasteiger partial charge in [-0.1, -0.05) is 13.0 Å². The Balaban J connectivity index is 2.46. The van der Waals surface area contributed by atoms with Crippen molar-refractivity contribution in [2.75, 3.05) is 26.9 Å². The number of hydrogen-bond donors (Lipinski definition) is 1. The predicted molar refractivity (Wildman–Crippen MR) is 73.2 cm³/mol. The van der Waals surface area contributed by atoms with Crippen molar-refractivity contribution in [1.82, 2.24) is 0 Å². The summed E-state index contributed by atoms with van der Waals surface area (Å²) in [6.07, 6.45) is 0. The SMILES string of the molecule is COc1cc(C)c(C2(C(C)CN)COC2)cc1C. The third kappa shape index (κ3) is 1.91. The zero-order valence-electron chi connectivity index (χ0n) is 11.7. The maximum Gasteiger partial charge on any atom is 0.122 e. The second-order valence-corrected chi connectivity index (χ2v) is 5.42. The Kier molecular flexibility index (Phi) is 3.64. The summed E-state index contributed by atoms with van der Waals surface area (Å²) in [5.41, 5.74) is 9.77. The van der Waals surface area contributed by atoms with Crippen LogP contribution in [0.3, 0.4) is 0 Å². The van der Waals surface area contributed by atoms with Gasteiger partial charge in [0.25, 0.3) is 0 Å². The molecular weight excluding hydrogens is 226 g/mol. The lowest BCUT2D eigenvalue weighted by Crippen LogP contribution is -2.54. The molecule has 3 heteroatoms. The Hall–Kier alpha value is -1.06. The van der Waals surface area contributed by atoms with Crippen LogP contribution in [0.15, 0.2) is 12.1 Å². The first kappa shape index (κ1) is 13.4. The standard InChI is InChI=1S/C15H23NO2/c1-10-6-14(17-4)11(2)5-13(10)15(8-18-9-15)12(3)7-16/h5-6,12H,7-9,16H2,1-4H3. The lowest BCUT2D eigenvalue weighted by Gasteiger charge is -2.47. The Labute approximate surface area is 109 Å². The van der Waals surface area contributed by atoms with E-state index in [4.69, 9.17) is 15.2 Å². The van der Waals surface area contributed by atoms with Gasteiger partial charge in [-0.3, -0.25) is 0 Å². The van der Waals surface area contributed by atoms with E-state index >= 15 is 0 Å². The molecule has 0 radical (unpaired) electrons. The maximum absolute atomic E-state index is 5.87. The molecule has 1 saturated heterocycles. The molecule has 0 aromatic heterocycles. The van der Waals surface area contributed by atoms with E-state index in [1.165, 1.54) is 16.7 Å². The number of nitrogens with two attached hydrogens (primary N) is 1. The van der Waals surface area contributed by atoms with Crippen molar-refractivity contribution < 1.29 is 9.47 Å². The van der Waals surface area contributed by atoms with Crippen molar-refractivity contribution in [2.45, 2.75) is 26.2 Å². The van der Waals surface area contributed by atoms with Crippen LogP contribution in [-0.2, 0) is 10.2 Å². The summed E-state index contributed by atoms with van der Waals surface area (Å²) < 4.78 is 10.9. The number of hydrogen-bond acceptors (Lipinski definition) is 3. The van der Waals surface area contributed by atoms with Crippen LogP contribution in [-0.4, -0.2) is 26.9 Å². The molecule has 1 aromatic rings. The van der Waals surface area contributed by atoms with Gasteiger partial charge in [0.2, 0.25) is 0 Å². The molecule has 0 spiro atoms. The molecule has 100 valence electrons. The highest BCUT2D eigenvalue weighted by Crippen LogP contribution is 2.42. The van der Waals surface area contributed by atoms with Gasteiger partial charge >= 0.3 is 0 Å². The molecule has 3 nitrogen and oxygen atoms in total. The van der Waals surface area contributed by atoms with Crippen LogP contribution in [0.1, 0.15) is 23.6 Å². The van der Waals surface area contributed by atoms with Crippen LogP contribution in [0.25, 0.3) is 0 Å². The second-order valence-electron chi connectivity index (χ2n) is 5.42. The summed E-state index contributed by atoms with van der Waals surface area (Å²) >= 11 is 0. The number of rotatable bonds is 4. The molecule has 0 saturated carbocycles. The molecule has 1 fully saturated rings. The fourth-order valence-electron chi connectivity index (χ4n) is 2.80. The van der Waals surface area contributed by atoms with E-state index in [2.05, 4.69) is 32.9 Å². The van der Waals surface area contributed by atoms with Crippen LogP contribution in [0.4, 0.5) is 0 Å². The average molecular weight is 249 g/mol. The van der Waals surface area contributed by atoms with Gasteiger partial charge in [-0.25, -0.2) is 0 Å². The Bertz CT molecular complexity index is 438. The first-order valence-corrected chi connectivity index (χ1v) is 6.48. The highest BCUT2D eigenvalue weighted by Gasteiger charge is 2.45. The first-order valence-electron chi connectivity index (χ1n) is 6.48. The fourth-order valence-corrected chi connectivity index (χ4v) is 2.80. The van der Waals surface area contributed by atoms with Crippen LogP contribution < -0.4 is 10.5 Å². The number of aryl methyl sites for hydroxylation is 2. The van der Waals surface area contributed by atoms with Crippen molar-refractivity contribution >= 4 is 0 Å². The molecule has 1 unspecified atom stereocenters. The lowest BCUT2D eigenvalue weighted by atomic mass is 9.67. The van der Waals surface area contributed by atoms with E-state index in [1.807, 2.05) is 0 Å². The molecular formula is C15H23NO2. The lowest BCUT2D eigenvalue weighted by molar-refractivity contribution is -0.0857. The van der Waals surface area contributed by atoms with Gasteiger partial charge < -0.3 is 15.2 Å². The van der Waals surface area contributed by atoms with E-state index in [0.717, 1.165) is 19.0 Å². The molecule has 0 bridgehead atoms. The number of methoxy groups -OCH3 is 1. The Morgan fingerprint density at radius 1 is 1.33 bits per heavy atom. The van der Waals surface area contributed by atoms with Crippen LogP contribution in [0.2, 0.25) is 0 Å². The Morgan fingerprint density at radius 2 is 2.00 bits per heavy atom. The second kappa shape index (κ2) is 4.90. The molecule has 1 aliphatic rings. The minimum atomic E-state index is 0.0931. The number of benzene rings is 1. The summed E-state index contributed by atoms with van der Waals surface area (Å²) in [7, 11) is 1.71. The third-order valence-corrected chi connectivity index (χ3v) is 4.29. The summed E-state index contributed by atoms with van der Waals surface area (Å²) in [6.45, 7) is 8.67.